The fourth-order valence-electron chi connectivity index (χ4n) is 2.96. The zero-order valence-corrected chi connectivity index (χ0v) is 15.2. The molecule has 0 saturated heterocycles. The van der Waals surface area contributed by atoms with Crippen LogP contribution >= 0.6 is 0 Å². The summed E-state index contributed by atoms with van der Waals surface area (Å²) in [6, 6.07) is 4.92. The molecule has 2 N–H and O–H groups in total. The van der Waals surface area contributed by atoms with Crippen LogP contribution in [0.25, 0.3) is 0 Å². The predicted molar refractivity (Wildman–Crippen MR) is 92.6 cm³/mol. The highest BCUT2D eigenvalue weighted by molar-refractivity contribution is 5.99. The minimum Gasteiger partial charge on any atom is -0.483 e. The lowest BCUT2D eigenvalue weighted by Gasteiger charge is -2.20. The maximum absolute atomic E-state index is 13.3. The van der Waals surface area contributed by atoms with Gasteiger partial charge in [-0.15, -0.1) is 0 Å². The fourth-order valence-corrected chi connectivity index (χ4v) is 2.96. The van der Waals surface area contributed by atoms with Crippen molar-refractivity contribution in [3.8, 4) is 11.8 Å². The van der Waals surface area contributed by atoms with Gasteiger partial charge in [0.1, 0.15) is 11.8 Å². The molecule has 0 radical (unpaired) electrons. The van der Waals surface area contributed by atoms with Gasteiger partial charge in [0.15, 0.2) is 6.61 Å². The Morgan fingerprint density at radius 2 is 1.77 bits per heavy atom. The third-order valence-corrected chi connectivity index (χ3v) is 4.29. The number of carbonyl (C=O) groups is 2. The number of alkyl halides is 6. The molecule has 1 aliphatic rings. The van der Waals surface area contributed by atoms with Gasteiger partial charge in [-0.2, -0.15) is 31.6 Å². The zero-order chi connectivity index (χ0) is 23.0. The summed E-state index contributed by atoms with van der Waals surface area (Å²) < 4.78 is 84.2. The lowest BCUT2D eigenvalue weighted by Crippen LogP contribution is -2.37. The van der Waals surface area contributed by atoms with Crippen LogP contribution in [0.5, 0.6) is 5.75 Å². The molecule has 6 nitrogen and oxygen atoms in total. The van der Waals surface area contributed by atoms with E-state index in [0.717, 1.165) is 24.3 Å². The molecular formula is C19H11F6N3O3. The number of benzene rings is 2. The molecule has 0 saturated carbocycles. The molecule has 0 aliphatic carbocycles. The Hall–Kier alpha value is -3.75. The van der Waals surface area contributed by atoms with Crippen LogP contribution in [0, 0.1) is 11.3 Å². The van der Waals surface area contributed by atoms with E-state index in [-0.39, 0.29) is 11.3 Å². The van der Waals surface area contributed by atoms with Gasteiger partial charge in [-0.3, -0.25) is 9.59 Å². The van der Waals surface area contributed by atoms with Gasteiger partial charge < -0.3 is 15.4 Å². The highest BCUT2D eigenvalue weighted by Gasteiger charge is 2.39. The number of para-hydroxylation sites is 1. The summed E-state index contributed by atoms with van der Waals surface area (Å²) >= 11 is 0. The molecule has 1 atom stereocenters. The van der Waals surface area contributed by atoms with Crippen LogP contribution in [0.2, 0.25) is 0 Å². The Morgan fingerprint density at radius 1 is 1.10 bits per heavy atom. The van der Waals surface area contributed by atoms with E-state index in [0.29, 0.717) is 12.1 Å². The van der Waals surface area contributed by atoms with Crippen molar-refractivity contribution in [2.24, 2.45) is 0 Å². The molecule has 1 unspecified atom stereocenters. The number of rotatable bonds is 2. The summed E-state index contributed by atoms with van der Waals surface area (Å²) in [6.07, 6.45) is -9.72. The van der Waals surface area contributed by atoms with Crippen LogP contribution in [-0.2, 0) is 21.9 Å². The molecular weight excluding hydrogens is 432 g/mol. The summed E-state index contributed by atoms with van der Waals surface area (Å²) in [5.74, 6) is -2.73. The van der Waals surface area contributed by atoms with Gasteiger partial charge in [0.2, 0.25) is 0 Å². The molecule has 0 fully saturated rings. The topological polar surface area (TPSA) is 91.2 Å². The van der Waals surface area contributed by atoms with Crippen molar-refractivity contribution in [2.45, 2.75) is 18.4 Å². The number of nitrogens with one attached hydrogen (secondary N) is 2. The van der Waals surface area contributed by atoms with E-state index in [1.54, 1.807) is 0 Å². The standard InChI is InChI=1S/C19H11F6N3O3/c20-18(21,22)12-3-1-2-11-15(28-14(29)8-31-16(11)12)17(30)27-10-5-4-9(7-26)13(6-10)19(23,24)25/h1-6,15H,8H2,(H,27,30)(H,28,29). The number of ether oxygens (including phenoxy) is 1. The Kier molecular flexibility index (Phi) is 5.54. The lowest BCUT2D eigenvalue weighted by atomic mass is 10.0. The van der Waals surface area contributed by atoms with Crippen LogP contribution in [0.4, 0.5) is 32.0 Å². The second-order valence-corrected chi connectivity index (χ2v) is 6.37. The minimum atomic E-state index is -4.88. The van der Waals surface area contributed by atoms with Crippen LogP contribution in [-0.4, -0.2) is 18.4 Å². The van der Waals surface area contributed by atoms with E-state index in [4.69, 9.17) is 10.00 Å². The molecule has 162 valence electrons. The average molecular weight is 443 g/mol. The number of fused-ring (bicyclic) bond motifs is 1. The number of amides is 2. The van der Waals surface area contributed by atoms with Crippen molar-refractivity contribution < 1.29 is 40.7 Å². The number of hydrogen-bond acceptors (Lipinski definition) is 4. The van der Waals surface area contributed by atoms with E-state index in [9.17, 15) is 35.9 Å². The van der Waals surface area contributed by atoms with Gasteiger partial charge in [-0.1, -0.05) is 12.1 Å². The quantitative estimate of drug-likeness (QED) is 0.692. The number of hydrogen-bond donors (Lipinski definition) is 2. The highest BCUT2D eigenvalue weighted by Crippen LogP contribution is 2.41. The third kappa shape index (κ3) is 4.55. The summed E-state index contributed by atoms with van der Waals surface area (Å²) in [5, 5.41) is 13.1. The van der Waals surface area contributed by atoms with E-state index >= 15 is 0 Å². The molecule has 2 amide bonds. The summed E-state index contributed by atoms with van der Waals surface area (Å²) in [7, 11) is 0. The van der Waals surface area contributed by atoms with Crippen molar-refractivity contribution in [3.63, 3.8) is 0 Å². The first-order valence-corrected chi connectivity index (χ1v) is 8.46. The molecule has 0 bridgehead atoms. The first kappa shape index (κ1) is 21.9. The normalized spacial score (nSPS) is 16.3. The van der Waals surface area contributed by atoms with Crippen molar-refractivity contribution in [2.75, 3.05) is 11.9 Å². The second-order valence-electron chi connectivity index (χ2n) is 6.37. The number of nitrogens with zero attached hydrogens (tertiary/aromatic N) is 1. The first-order chi connectivity index (χ1) is 14.4. The largest absolute Gasteiger partial charge is 0.483 e. The molecule has 2 aromatic rings. The maximum Gasteiger partial charge on any atom is 0.419 e. The number of anilines is 1. The fraction of sp³-hybridized carbons (Fsp3) is 0.211. The average Bonchev–Trinajstić information content (AvgIpc) is 2.85. The Bertz CT molecular complexity index is 1090. The van der Waals surface area contributed by atoms with Gasteiger partial charge in [-0.25, -0.2) is 0 Å². The van der Waals surface area contributed by atoms with E-state index < -0.39 is 59.3 Å². The number of nitriles is 1. The van der Waals surface area contributed by atoms with Gasteiger partial charge in [0.25, 0.3) is 11.8 Å². The monoisotopic (exact) mass is 443 g/mol. The first-order valence-electron chi connectivity index (χ1n) is 8.46. The Morgan fingerprint density at radius 3 is 2.39 bits per heavy atom. The molecule has 1 aliphatic heterocycles. The lowest BCUT2D eigenvalue weighted by molar-refractivity contribution is -0.139. The summed E-state index contributed by atoms with van der Waals surface area (Å²) in [5.41, 5.74) is -3.88. The minimum absolute atomic E-state index is 0.317. The second kappa shape index (κ2) is 7.82. The highest BCUT2D eigenvalue weighted by atomic mass is 19.4. The van der Waals surface area contributed by atoms with Crippen LogP contribution in [0.15, 0.2) is 36.4 Å². The van der Waals surface area contributed by atoms with Gasteiger partial charge >= 0.3 is 12.4 Å². The summed E-state index contributed by atoms with van der Waals surface area (Å²) in [6.45, 7) is -0.793. The predicted octanol–water partition coefficient (Wildman–Crippen LogP) is 3.78. The van der Waals surface area contributed by atoms with E-state index in [1.807, 2.05) is 0 Å². The van der Waals surface area contributed by atoms with Crippen molar-refractivity contribution >= 4 is 17.5 Å². The van der Waals surface area contributed by atoms with Crippen molar-refractivity contribution in [1.82, 2.24) is 5.32 Å². The number of halogens is 6. The van der Waals surface area contributed by atoms with Crippen LogP contribution < -0.4 is 15.4 Å². The smallest absolute Gasteiger partial charge is 0.419 e. The molecule has 2 aromatic carbocycles. The molecule has 0 aromatic heterocycles. The van der Waals surface area contributed by atoms with Crippen LogP contribution in [0.3, 0.4) is 0 Å². The Labute approximate surface area is 170 Å². The van der Waals surface area contributed by atoms with Gasteiger partial charge in [0, 0.05) is 11.3 Å². The molecule has 1 heterocycles. The van der Waals surface area contributed by atoms with Gasteiger partial charge in [-0.05, 0) is 24.3 Å². The maximum atomic E-state index is 13.3. The Balaban J connectivity index is 2.00. The van der Waals surface area contributed by atoms with E-state index in [1.165, 1.54) is 6.07 Å². The molecule has 0 spiro atoms. The SMILES string of the molecule is N#Cc1ccc(NC(=O)C2NC(=O)COc3c2cccc3C(F)(F)F)cc1C(F)(F)F. The third-order valence-electron chi connectivity index (χ3n) is 4.29. The van der Waals surface area contributed by atoms with Gasteiger partial charge in [0.05, 0.1) is 22.8 Å². The summed E-state index contributed by atoms with van der Waals surface area (Å²) in [4.78, 5) is 24.6. The molecule has 31 heavy (non-hydrogen) atoms. The zero-order valence-electron chi connectivity index (χ0n) is 15.2. The molecule has 12 heteroatoms. The van der Waals surface area contributed by atoms with E-state index in [2.05, 4.69) is 10.6 Å². The van der Waals surface area contributed by atoms with Crippen LogP contribution in [0.1, 0.15) is 28.3 Å². The van der Waals surface area contributed by atoms with Crippen molar-refractivity contribution in [1.29, 1.82) is 5.26 Å². The van der Waals surface area contributed by atoms with Crippen molar-refractivity contribution in [3.05, 3.63) is 58.7 Å². The molecule has 3 rings (SSSR count). The number of carbonyl (C=O) groups excluding carboxylic acids is 2.